The number of ether oxygens (including phenoxy) is 1. The predicted molar refractivity (Wildman–Crippen MR) is 81.4 cm³/mol. The average Bonchev–Trinajstić information content (AvgIpc) is 2.39. The summed E-state index contributed by atoms with van der Waals surface area (Å²) in [5.74, 6) is 0.858. The van der Waals surface area contributed by atoms with E-state index in [1.54, 1.807) is 7.11 Å². The van der Waals surface area contributed by atoms with Gasteiger partial charge in [0.2, 0.25) is 0 Å². The minimum Gasteiger partial charge on any atom is -0.495 e. The van der Waals surface area contributed by atoms with Crippen LogP contribution >= 0.6 is 0 Å². The van der Waals surface area contributed by atoms with Crippen LogP contribution in [0.2, 0.25) is 0 Å². The molecule has 0 saturated carbocycles. The normalized spacial score (nSPS) is 11.2. The lowest BCUT2D eigenvalue weighted by atomic mass is 9.87. The molecule has 2 aromatic carbocycles. The fraction of sp³-hybridized carbons (Fsp3) is 0.294. The van der Waals surface area contributed by atoms with Crippen LogP contribution in [0.1, 0.15) is 26.3 Å². The Hall–Kier alpha value is -1.96. The Labute approximate surface area is 115 Å². The molecule has 2 heteroatoms. The molecule has 2 nitrogen and oxygen atoms in total. The molecule has 0 heterocycles. The first-order valence-electron chi connectivity index (χ1n) is 6.51. The molecule has 2 rings (SSSR count). The highest BCUT2D eigenvalue weighted by Gasteiger charge is 2.15. The van der Waals surface area contributed by atoms with E-state index in [1.807, 2.05) is 36.4 Å². The molecule has 0 saturated heterocycles. The minimum atomic E-state index is 0.124. The highest BCUT2D eigenvalue weighted by molar-refractivity contribution is 5.67. The number of para-hydroxylation sites is 1. The van der Waals surface area contributed by atoms with Crippen LogP contribution in [0.25, 0.3) is 0 Å². The van der Waals surface area contributed by atoms with Crippen molar-refractivity contribution < 1.29 is 4.74 Å². The van der Waals surface area contributed by atoms with Crippen LogP contribution in [0.5, 0.6) is 5.75 Å². The van der Waals surface area contributed by atoms with Gasteiger partial charge < -0.3 is 10.1 Å². The number of methoxy groups -OCH3 is 1. The fourth-order valence-corrected chi connectivity index (χ4v) is 1.95. The van der Waals surface area contributed by atoms with Gasteiger partial charge in [-0.15, -0.1) is 0 Å². The quantitative estimate of drug-likeness (QED) is 0.855. The molecule has 2 aromatic rings. The van der Waals surface area contributed by atoms with E-state index in [9.17, 15) is 0 Å². The van der Waals surface area contributed by atoms with Crippen LogP contribution in [0.15, 0.2) is 48.5 Å². The van der Waals surface area contributed by atoms with E-state index < -0.39 is 0 Å². The topological polar surface area (TPSA) is 21.3 Å². The number of nitrogens with one attached hydrogen (secondary N) is 1. The molecule has 1 N–H and O–H groups in total. The summed E-state index contributed by atoms with van der Waals surface area (Å²) >= 11 is 0. The van der Waals surface area contributed by atoms with Crippen molar-refractivity contribution in [2.24, 2.45) is 0 Å². The van der Waals surface area contributed by atoms with Gasteiger partial charge in [-0.25, -0.2) is 0 Å². The summed E-state index contributed by atoms with van der Waals surface area (Å²) in [7, 11) is 1.70. The number of rotatable bonds is 3. The lowest BCUT2D eigenvalue weighted by molar-refractivity contribution is 0.416. The first-order chi connectivity index (χ1) is 9.00. The third-order valence-corrected chi connectivity index (χ3v) is 3.12. The second-order valence-corrected chi connectivity index (χ2v) is 5.66. The molecule has 100 valence electrons. The molecule has 0 fully saturated rings. The van der Waals surface area contributed by atoms with Gasteiger partial charge in [0.15, 0.2) is 0 Å². The van der Waals surface area contributed by atoms with Crippen LogP contribution in [0.4, 0.5) is 11.4 Å². The molecule has 0 aliphatic carbocycles. The largest absolute Gasteiger partial charge is 0.495 e. The molecule has 0 aromatic heterocycles. The van der Waals surface area contributed by atoms with Crippen molar-refractivity contribution in [3.8, 4) is 5.75 Å². The predicted octanol–water partition coefficient (Wildman–Crippen LogP) is 4.74. The van der Waals surface area contributed by atoms with Crippen molar-refractivity contribution >= 4 is 11.4 Å². The molecule has 0 radical (unpaired) electrons. The van der Waals surface area contributed by atoms with Crippen molar-refractivity contribution in [2.75, 3.05) is 12.4 Å². The monoisotopic (exact) mass is 255 g/mol. The summed E-state index contributed by atoms with van der Waals surface area (Å²) < 4.78 is 5.42. The van der Waals surface area contributed by atoms with Crippen molar-refractivity contribution in [3.63, 3.8) is 0 Å². The van der Waals surface area contributed by atoms with E-state index in [-0.39, 0.29) is 5.41 Å². The van der Waals surface area contributed by atoms with E-state index in [0.29, 0.717) is 0 Å². The van der Waals surface area contributed by atoms with Crippen molar-refractivity contribution in [1.82, 2.24) is 0 Å². The van der Waals surface area contributed by atoms with E-state index in [2.05, 4.69) is 38.2 Å². The van der Waals surface area contributed by atoms with Gasteiger partial charge in [-0.3, -0.25) is 0 Å². The second-order valence-electron chi connectivity index (χ2n) is 5.66. The zero-order chi connectivity index (χ0) is 13.9. The Morgan fingerprint density at radius 2 is 1.63 bits per heavy atom. The number of anilines is 2. The van der Waals surface area contributed by atoms with E-state index in [0.717, 1.165) is 17.1 Å². The van der Waals surface area contributed by atoms with Crippen LogP contribution in [-0.2, 0) is 5.41 Å². The number of hydrogen-bond acceptors (Lipinski definition) is 2. The van der Waals surface area contributed by atoms with Crippen molar-refractivity contribution in [2.45, 2.75) is 26.2 Å². The lowest BCUT2D eigenvalue weighted by Crippen LogP contribution is -2.11. The Morgan fingerprint density at radius 1 is 0.947 bits per heavy atom. The van der Waals surface area contributed by atoms with Gasteiger partial charge in [-0.2, -0.15) is 0 Å². The summed E-state index contributed by atoms with van der Waals surface area (Å²) in [5, 5.41) is 3.41. The van der Waals surface area contributed by atoms with Crippen molar-refractivity contribution in [3.05, 3.63) is 54.1 Å². The molecule has 0 aliphatic rings. The molecule has 0 bridgehead atoms. The van der Waals surface area contributed by atoms with Gasteiger partial charge in [0.25, 0.3) is 0 Å². The SMILES string of the molecule is COc1ccc(C(C)(C)C)cc1Nc1ccccc1. The average molecular weight is 255 g/mol. The maximum Gasteiger partial charge on any atom is 0.142 e. The standard InChI is InChI=1S/C17H21NO/c1-17(2,3)13-10-11-16(19-4)15(12-13)18-14-8-6-5-7-9-14/h5-12,18H,1-4H3. The van der Waals surface area contributed by atoms with Gasteiger partial charge in [-0.05, 0) is 35.2 Å². The Balaban J connectivity index is 2.37. The van der Waals surface area contributed by atoms with Crippen LogP contribution < -0.4 is 10.1 Å². The first-order valence-corrected chi connectivity index (χ1v) is 6.51. The third kappa shape index (κ3) is 3.28. The van der Waals surface area contributed by atoms with E-state index in [1.165, 1.54) is 5.56 Å². The second kappa shape index (κ2) is 5.35. The molecule has 0 amide bonds. The Kier molecular flexibility index (Phi) is 3.79. The van der Waals surface area contributed by atoms with Gasteiger partial charge in [0.1, 0.15) is 5.75 Å². The van der Waals surface area contributed by atoms with Crippen LogP contribution in [-0.4, -0.2) is 7.11 Å². The molecule has 19 heavy (non-hydrogen) atoms. The fourth-order valence-electron chi connectivity index (χ4n) is 1.95. The molecule has 0 spiro atoms. The van der Waals surface area contributed by atoms with E-state index >= 15 is 0 Å². The minimum absolute atomic E-state index is 0.124. The maximum atomic E-state index is 5.42. The molecule has 0 aliphatic heterocycles. The smallest absolute Gasteiger partial charge is 0.142 e. The molecule has 0 atom stereocenters. The highest BCUT2D eigenvalue weighted by atomic mass is 16.5. The Bertz CT molecular complexity index is 541. The zero-order valence-corrected chi connectivity index (χ0v) is 12.0. The van der Waals surface area contributed by atoms with Gasteiger partial charge in [0.05, 0.1) is 12.8 Å². The lowest BCUT2D eigenvalue weighted by Gasteiger charge is -2.21. The number of hydrogen-bond donors (Lipinski definition) is 1. The highest BCUT2D eigenvalue weighted by Crippen LogP contribution is 2.33. The van der Waals surface area contributed by atoms with Gasteiger partial charge >= 0.3 is 0 Å². The summed E-state index contributed by atoms with van der Waals surface area (Å²) in [5.41, 5.74) is 3.47. The summed E-state index contributed by atoms with van der Waals surface area (Å²) in [4.78, 5) is 0. The summed E-state index contributed by atoms with van der Waals surface area (Å²) in [6.07, 6.45) is 0. The summed E-state index contributed by atoms with van der Waals surface area (Å²) in [6, 6.07) is 16.4. The van der Waals surface area contributed by atoms with Crippen LogP contribution in [0, 0.1) is 0 Å². The maximum absolute atomic E-state index is 5.42. The molecular formula is C17H21NO. The summed E-state index contributed by atoms with van der Waals surface area (Å²) in [6.45, 7) is 6.63. The first kappa shape index (κ1) is 13.5. The van der Waals surface area contributed by atoms with Gasteiger partial charge in [0, 0.05) is 5.69 Å². The van der Waals surface area contributed by atoms with E-state index in [4.69, 9.17) is 4.74 Å². The molecular weight excluding hydrogens is 234 g/mol. The molecule has 0 unspecified atom stereocenters. The number of benzene rings is 2. The van der Waals surface area contributed by atoms with Crippen LogP contribution in [0.3, 0.4) is 0 Å². The van der Waals surface area contributed by atoms with Gasteiger partial charge in [-0.1, -0.05) is 45.0 Å². The zero-order valence-electron chi connectivity index (χ0n) is 12.0. The Morgan fingerprint density at radius 3 is 2.21 bits per heavy atom. The van der Waals surface area contributed by atoms with Crippen molar-refractivity contribution in [1.29, 1.82) is 0 Å². The third-order valence-electron chi connectivity index (χ3n) is 3.12.